The molecule has 0 radical (unpaired) electrons. The summed E-state index contributed by atoms with van der Waals surface area (Å²) >= 11 is 6.39. The molecule has 0 saturated carbocycles. The quantitative estimate of drug-likeness (QED) is 0.0621. The highest BCUT2D eigenvalue weighted by atomic mass is 35.5. The number of amides is 2. The molecule has 0 aliphatic rings. The van der Waals surface area contributed by atoms with Crippen LogP contribution in [0.4, 0.5) is 28.2 Å². The van der Waals surface area contributed by atoms with Gasteiger partial charge < -0.3 is 10.5 Å². The van der Waals surface area contributed by atoms with Gasteiger partial charge in [-0.2, -0.15) is 19.0 Å². The second-order valence-corrected chi connectivity index (χ2v) is 13.2. The molecule has 55 heavy (non-hydrogen) atoms. The molecular formula is C37H39ClF4N10O3. The van der Waals surface area contributed by atoms with Crippen LogP contribution in [0.5, 0.6) is 0 Å². The molecule has 2 aromatic carbocycles. The number of nitrogens with one attached hydrogen (secondary N) is 1. The highest BCUT2D eigenvalue weighted by molar-refractivity contribution is 6.32. The second kappa shape index (κ2) is 19.7. The van der Waals surface area contributed by atoms with E-state index in [0.29, 0.717) is 21.2 Å². The normalized spacial score (nSPS) is 11.9. The zero-order valence-corrected chi connectivity index (χ0v) is 31.2. The van der Waals surface area contributed by atoms with Crippen molar-refractivity contribution in [2.24, 2.45) is 16.1 Å². The van der Waals surface area contributed by atoms with E-state index < -0.39 is 43.4 Å². The van der Waals surface area contributed by atoms with Crippen LogP contribution in [0.25, 0.3) is 16.8 Å². The Morgan fingerprint density at radius 2 is 1.67 bits per heavy atom. The van der Waals surface area contributed by atoms with Crippen molar-refractivity contribution in [3.8, 4) is 29.7 Å². The van der Waals surface area contributed by atoms with Gasteiger partial charge in [-0.1, -0.05) is 63.6 Å². The van der Waals surface area contributed by atoms with Crippen molar-refractivity contribution in [2.75, 3.05) is 19.0 Å². The molecule has 0 unspecified atom stereocenters. The molecule has 0 bridgehead atoms. The number of rotatable bonds is 10. The lowest BCUT2D eigenvalue weighted by Gasteiger charge is -2.31. The fourth-order valence-corrected chi connectivity index (χ4v) is 4.78. The Balaban J connectivity index is 0.00000107. The molecule has 3 N–H and O–H groups in total. The summed E-state index contributed by atoms with van der Waals surface area (Å²) in [6, 6.07) is 13.8. The van der Waals surface area contributed by atoms with Gasteiger partial charge in [0, 0.05) is 30.6 Å². The molecule has 1 atom stereocenters. The Morgan fingerprint density at radius 1 is 1.00 bits per heavy atom. The van der Waals surface area contributed by atoms with E-state index >= 15 is 0 Å². The number of alkyl halides is 4. The highest BCUT2D eigenvalue weighted by Crippen LogP contribution is 2.31. The number of anilines is 1. The summed E-state index contributed by atoms with van der Waals surface area (Å²) in [6.07, 6.45) is 8.90. The minimum Gasteiger partial charge on any atom is -0.447 e. The first kappa shape index (κ1) is 43.1. The van der Waals surface area contributed by atoms with Gasteiger partial charge in [0.2, 0.25) is 0 Å². The van der Waals surface area contributed by atoms with Crippen LogP contribution < -0.4 is 11.1 Å². The van der Waals surface area contributed by atoms with Gasteiger partial charge in [0.05, 0.1) is 22.9 Å². The highest BCUT2D eigenvalue weighted by Gasteiger charge is 2.32. The van der Waals surface area contributed by atoms with Gasteiger partial charge in [-0.05, 0) is 52.9 Å². The lowest BCUT2D eigenvalue weighted by molar-refractivity contribution is 0.0566. The summed E-state index contributed by atoms with van der Waals surface area (Å²) in [7, 11) is 1.34. The summed E-state index contributed by atoms with van der Waals surface area (Å²) < 4.78 is 60.3. The van der Waals surface area contributed by atoms with Crippen molar-refractivity contribution in [1.29, 1.82) is 0 Å². The minimum atomic E-state index is -2.99. The maximum absolute atomic E-state index is 14.1. The summed E-state index contributed by atoms with van der Waals surface area (Å²) in [4.78, 5) is 39.5. The number of benzene rings is 2. The van der Waals surface area contributed by atoms with Gasteiger partial charge in [-0.3, -0.25) is 20.0 Å². The Morgan fingerprint density at radius 3 is 2.24 bits per heavy atom. The average molecular weight is 783 g/mol. The minimum absolute atomic E-state index is 0.00184. The number of halogens is 5. The number of ether oxygens (including phenoxy) is 1. The lowest BCUT2D eigenvalue weighted by Crippen LogP contribution is -2.46. The largest absolute Gasteiger partial charge is 0.447 e. The predicted molar refractivity (Wildman–Crippen MR) is 201 cm³/mol. The smallest absolute Gasteiger partial charge is 0.412 e. The third kappa shape index (κ3) is 12.1. The van der Waals surface area contributed by atoms with Crippen molar-refractivity contribution in [2.45, 2.75) is 46.7 Å². The van der Waals surface area contributed by atoms with E-state index in [1.54, 1.807) is 12.1 Å². The van der Waals surface area contributed by atoms with Gasteiger partial charge >= 0.3 is 12.6 Å². The number of hydrogen-bond acceptors (Lipinski definition) is 8. The van der Waals surface area contributed by atoms with Crippen LogP contribution in [0, 0.1) is 18.3 Å². The molecule has 2 amide bonds. The predicted octanol–water partition coefficient (Wildman–Crippen LogP) is 8.19. The summed E-state index contributed by atoms with van der Waals surface area (Å²) in [6.45, 7) is 5.42. The number of hydrogen-bond donors (Lipinski definition) is 2. The summed E-state index contributed by atoms with van der Waals surface area (Å²) in [5.41, 5.74) is 7.98. The number of guanidine groups is 1. The molecule has 18 heteroatoms. The first-order valence-electron chi connectivity index (χ1n) is 16.2. The van der Waals surface area contributed by atoms with Crippen LogP contribution in [0.1, 0.15) is 68.5 Å². The van der Waals surface area contributed by atoms with Gasteiger partial charge in [-0.15, -0.1) is 12.8 Å². The molecule has 290 valence electrons. The number of aromatic nitrogens is 6. The Labute approximate surface area is 320 Å². The van der Waals surface area contributed by atoms with E-state index in [2.05, 4.69) is 71.0 Å². The van der Waals surface area contributed by atoms with E-state index in [1.807, 2.05) is 0 Å². The van der Waals surface area contributed by atoms with Crippen molar-refractivity contribution < 1.29 is 31.9 Å². The Bertz CT molecular complexity index is 2060. The van der Waals surface area contributed by atoms with Crippen molar-refractivity contribution in [3.05, 3.63) is 108 Å². The molecule has 5 rings (SSSR count). The fourth-order valence-electron chi connectivity index (χ4n) is 4.59. The number of pyridine rings is 1. The van der Waals surface area contributed by atoms with E-state index in [0.717, 1.165) is 22.1 Å². The van der Waals surface area contributed by atoms with Gasteiger partial charge in [-0.25, -0.2) is 32.9 Å². The number of carbonyl (C=O) groups excluding carboxylic acids is 2. The summed E-state index contributed by atoms with van der Waals surface area (Å²) in [5, 5.41) is 9.99. The second-order valence-electron chi connectivity index (χ2n) is 12.8. The zero-order chi connectivity index (χ0) is 40.9. The zero-order valence-electron chi connectivity index (χ0n) is 30.4. The van der Waals surface area contributed by atoms with E-state index in [9.17, 15) is 27.2 Å². The Hall–Kier alpha value is -6.28. The van der Waals surface area contributed by atoms with Crippen LogP contribution in [0.3, 0.4) is 0 Å². The van der Waals surface area contributed by atoms with Crippen molar-refractivity contribution >= 4 is 35.4 Å². The first-order valence-corrected chi connectivity index (χ1v) is 16.6. The third-order valence-corrected chi connectivity index (χ3v) is 7.21. The van der Waals surface area contributed by atoms with Crippen LogP contribution in [0.15, 0.2) is 90.6 Å². The molecule has 3 heterocycles. The molecule has 0 aliphatic heterocycles. The van der Waals surface area contributed by atoms with Crippen molar-refractivity contribution in [3.63, 3.8) is 0 Å². The number of nitrogens with zero attached hydrogens (tertiary/aromatic N) is 8. The van der Waals surface area contributed by atoms with Crippen LogP contribution in [-0.2, 0) is 4.74 Å². The summed E-state index contributed by atoms with van der Waals surface area (Å²) in [5.74, 6) is -1.47. The number of nitrogens with two attached hydrogens (primary N) is 1. The molecule has 0 spiro atoms. The van der Waals surface area contributed by atoms with Crippen molar-refractivity contribution in [1.82, 2.24) is 34.4 Å². The molecule has 3 aromatic heterocycles. The molecule has 0 saturated heterocycles. The molecule has 0 aliphatic carbocycles. The molecule has 13 nitrogen and oxygen atoms in total. The van der Waals surface area contributed by atoms with Gasteiger partial charge in [0.1, 0.15) is 18.8 Å². The third-order valence-electron chi connectivity index (χ3n) is 6.89. The van der Waals surface area contributed by atoms with E-state index in [-0.39, 0.29) is 33.6 Å². The number of aliphatic imine (C=N–C) groups is 1. The van der Waals surface area contributed by atoms with E-state index in [4.69, 9.17) is 22.1 Å². The maximum Gasteiger partial charge on any atom is 0.412 e. The Kier molecular flexibility index (Phi) is 15.4. The van der Waals surface area contributed by atoms with Crippen LogP contribution in [0.2, 0.25) is 5.02 Å². The lowest BCUT2D eigenvalue weighted by atomic mass is 10.0. The topological polar surface area (TPSA) is 158 Å². The standard InChI is InChI=1S/C30H25ClF4N10O3.C5H12.C2H2/c1-37-29(36)44(27(46)18-7-5-17(6-8-18)20-13-40-43(14-20)28(34)35)23(15-48-30(47)42-24-4-2-3-11-38-24)19-9-10-21(31)22(12-19)45-26(25(32)33)39-16-41-45;1-5(2,3)4;1-2/h2-14,16,23,25,28H,15H2,1H3,(H2,36,37)(H,38,42,47);1-4H3;1-2H/t23-;;/m1../s1. The first-order chi connectivity index (χ1) is 26.1. The molecule has 0 fully saturated rings. The van der Waals surface area contributed by atoms with E-state index in [1.165, 1.54) is 68.0 Å². The molecule has 5 aromatic rings. The molecular weight excluding hydrogens is 744 g/mol. The monoisotopic (exact) mass is 782 g/mol. The fraction of sp³-hybridized carbons (Fsp3) is 0.270. The average Bonchev–Trinajstić information content (AvgIpc) is 3.85. The SMILES string of the molecule is C#C.CC(C)(C)C.CN=C(N)N(C(=O)c1ccc(-c2cnn(C(F)F)c2)cc1)[C@H](COC(=O)Nc1ccccn1)c1ccc(Cl)c(-n2ncnc2C(F)F)c1. The number of terminal acetylenes is 1. The number of carbonyl (C=O) groups is 2. The van der Waals surface area contributed by atoms with Gasteiger partial charge in [0.25, 0.3) is 12.3 Å². The van der Waals surface area contributed by atoms with Gasteiger partial charge in [0.15, 0.2) is 11.8 Å². The maximum atomic E-state index is 14.1. The van der Waals surface area contributed by atoms with Crippen LogP contribution >= 0.6 is 11.6 Å². The van der Waals surface area contributed by atoms with Crippen LogP contribution in [-0.4, -0.2) is 66.0 Å².